The van der Waals surface area contributed by atoms with Crippen LogP contribution in [0.1, 0.15) is 10.4 Å². The van der Waals surface area contributed by atoms with Crippen molar-refractivity contribution in [1.82, 2.24) is 4.98 Å². The van der Waals surface area contributed by atoms with E-state index in [0.29, 0.717) is 0 Å². The number of halogens is 1. The van der Waals surface area contributed by atoms with Gasteiger partial charge in [-0.15, -0.1) is 0 Å². The van der Waals surface area contributed by atoms with E-state index in [1.807, 2.05) is 0 Å². The fraction of sp³-hybridized carbons (Fsp3) is 0. The first-order valence-electron chi connectivity index (χ1n) is 6.97. The molecule has 0 saturated carbocycles. The lowest BCUT2D eigenvalue weighted by Gasteiger charge is -2.04. The predicted molar refractivity (Wildman–Crippen MR) is 86.0 cm³/mol. The fourth-order valence-electron chi connectivity index (χ4n) is 2.34. The van der Waals surface area contributed by atoms with Gasteiger partial charge in [-0.3, -0.25) is 19.7 Å². The number of nitro groups is 1. The second-order valence-electron chi connectivity index (χ2n) is 5.13. The zero-order valence-electron chi connectivity index (χ0n) is 12.4. The zero-order chi connectivity index (χ0) is 18.1. The number of carbonyl (C=O) groups is 2. The van der Waals surface area contributed by atoms with Crippen molar-refractivity contribution in [3.63, 3.8) is 0 Å². The number of rotatable bonds is 4. The lowest BCUT2D eigenvalue weighted by atomic mass is 10.1. The van der Waals surface area contributed by atoms with Crippen molar-refractivity contribution < 1.29 is 24.0 Å². The molecular weight excluding hydrogens is 333 g/mol. The van der Waals surface area contributed by atoms with Crippen molar-refractivity contribution >= 4 is 34.0 Å². The maximum absolute atomic E-state index is 12.9. The van der Waals surface area contributed by atoms with Crippen LogP contribution in [-0.2, 0) is 4.79 Å². The molecule has 126 valence electrons. The third kappa shape index (κ3) is 3.02. The molecule has 0 radical (unpaired) electrons. The number of anilines is 1. The van der Waals surface area contributed by atoms with Crippen LogP contribution in [0.5, 0.6) is 5.88 Å². The maximum atomic E-state index is 12.9. The van der Waals surface area contributed by atoms with E-state index in [4.69, 9.17) is 0 Å². The van der Waals surface area contributed by atoms with Crippen molar-refractivity contribution in [1.29, 1.82) is 0 Å². The Labute approximate surface area is 139 Å². The Bertz CT molecular complexity index is 1010. The quantitative estimate of drug-likeness (QED) is 0.291. The number of aromatic hydroxyl groups is 1. The molecule has 0 saturated heterocycles. The number of nitrogens with one attached hydrogen (secondary N) is 2. The maximum Gasteiger partial charge on any atom is 0.297 e. The van der Waals surface area contributed by atoms with Gasteiger partial charge in [0.05, 0.1) is 10.5 Å². The summed E-state index contributed by atoms with van der Waals surface area (Å²) in [4.78, 5) is 37.2. The van der Waals surface area contributed by atoms with E-state index in [9.17, 15) is 29.2 Å². The number of aromatic amines is 1. The summed E-state index contributed by atoms with van der Waals surface area (Å²) in [5.41, 5.74) is -0.219. The Hall–Kier alpha value is -3.75. The van der Waals surface area contributed by atoms with Gasteiger partial charge in [-0.1, -0.05) is 0 Å². The van der Waals surface area contributed by atoms with E-state index in [0.717, 1.165) is 18.2 Å². The Morgan fingerprint density at radius 3 is 2.48 bits per heavy atom. The van der Waals surface area contributed by atoms with Crippen LogP contribution in [0.3, 0.4) is 0 Å². The standard InChI is InChI=1S/C16H10FN3O5/c17-8-1-3-9(4-2-8)18-16(23)14(21)13-11-7-10(20(24)25)5-6-12(11)19-15(13)22/h1-7,19,22H,(H,18,23). The molecule has 0 atom stereocenters. The van der Waals surface area contributed by atoms with Crippen LogP contribution < -0.4 is 5.32 Å². The van der Waals surface area contributed by atoms with Crippen molar-refractivity contribution in [3.05, 3.63) is 64.0 Å². The molecule has 0 bridgehead atoms. The van der Waals surface area contributed by atoms with Gasteiger partial charge < -0.3 is 15.4 Å². The summed E-state index contributed by atoms with van der Waals surface area (Å²) >= 11 is 0. The molecule has 3 aromatic rings. The number of carbonyl (C=O) groups excluding carboxylic acids is 2. The van der Waals surface area contributed by atoms with Crippen LogP contribution in [0.15, 0.2) is 42.5 Å². The van der Waals surface area contributed by atoms with Crippen molar-refractivity contribution in [2.75, 3.05) is 5.32 Å². The number of aromatic nitrogens is 1. The third-order valence-corrected chi connectivity index (χ3v) is 3.51. The van der Waals surface area contributed by atoms with Crippen LogP contribution in [-0.4, -0.2) is 26.7 Å². The molecule has 0 aliphatic carbocycles. The van der Waals surface area contributed by atoms with Gasteiger partial charge in [0.1, 0.15) is 5.82 Å². The number of nitrogens with zero attached hydrogens (tertiary/aromatic N) is 1. The van der Waals surface area contributed by atoms with Crippen LogP contribution in [0.25, 0.3) is 10.9 Å². The number of benzene rings is 2. The number of hydrogen-bond acceptors (Lipinski definition) is 5. The molecule has 2 aromatic carbocycles. The first-order valence-corrected chi connectivity index (χ1v) is 6.97. The summed E-state index contributed by atoms with van der Waals surface area (Å²) in [6, 6.07) is 8.34. The highest BCUT2D eigenvalue weighted by Gasteiger charge is 2.26. The molecule has 0 fully saturated rings. The number of ketones is 1. The molecule has 1 heterocycles. The summed E-state index contributed by atoms with van der Waals surface area (Å²) in [7, 11) is 0. The average molecular weight is 343 g/mol. The minimum Gasteiger partial charge on any atom is -0.494 e. The normalized spacial score (nSPS) is 10.6. The van der Waals surface area contributed by atoms with Gasteiger partial charge in [-0.05, 0) is 30.3 Å². The van der Waals surface area contributed by atoms with Crippen LogP contribution in [0.2, 0.25) is 0 Å². The molecule has 9 heteroatoms. The highest BCUT2D eigenvalue weighted by molar-refractivity contribution is 6.49. The molecular formula is C16H10FN3O5. The van der Waals surface area contributed by atoms with Crippen molar-refractivity contribution in [3.8, 4) is 5.88 Å². The first-order chi connectivity index (χ1) is 11.9. The molecule has 0 unspecified atom stereocenters. The second kappa shape index (κ2) is 6.04. The summed E-state index contributed by atoms with van der Waals surface area (Å²) in [6.45, 7) is 0. The largest absolute Gasteiger partial charge is 0.494 e. The van der Waals surface area contributed by atoms with Crippen molar-refractivity contribution in [2.24, 2.45) is 0 Å². The topological polar surface area (TPSA) is 125 Å². The second-order valence-corrected chi connectivity index (χ2v) is 5.13. The van der Waals surface area contributed by atoms with Gasteiger partial charge in [0.15, 0.2) is 0 Å². The third-order valence-electron chi connectivity index (χ3n) is 3.51. The minimum atomic E-state index is -1.09. The number of H-pyrrole nitrogens is 1. The Balaban J connectivity index is 1.96. The van der Waals surface area contributed by atoms with Gasteiger partial charge in [-0.2, -0.15) is 0 Å². The van der Waals surface area contributed by atoms with E-state index in [1.165, 1.54) is 24.3 Å². The number of non-ortho nitro benzene ring substituents is 1. The molecule has 25 heavy (non-hydrogen) atoms. The predicted octanol–water partition coefficient (Wildman–Crippen LogP) is 2.74. The molecule has 3 rings (SSSR count). The lowest BCUT2D eigenvalue weighted by molar-refractivity contribution is -0.384. The Morgan fingerprint density at radius 2 is 1.84 bits per heavy atom. The monoisotopic (exact) mass is 343 g/mol. The summed E-state index contributed by atoms with van der Waals surface area (Å²) in [5.74, 6) is -3.25. The number of hydrogen-bond donors (Lipinski definition) is 3. The van der Waals surface area contributed by atoms with Crippen LogP contribution in [0, 0.1) is 15.9 Å². The smallest absolute Gasteiger partial charge is 0.297 e. The van der Waals surface area contributed by atoms with Gasteiger partial charge >= 0.3 is 0 Å². The van der Waals surface area contributed by atoms with Gasteiger partial charge in [-0.25, -0.2) is 4.39 Å². The summed E-state index contributed by atoms with van der Waals surface area (Å²) in [5, 5.41) is 23.1. The lowest BCUT2D eigenvalue weighted by Crippen LogP contribution is -2.22. The molecule has 0 aliphatic rings. The number of amides is 1. The molecule has 1 aromatic heterocycles. The van der Waals surface area contributed by atoms with Gasteiger partial charge in [0.25, 0.3) is 17.4 Å². The highest BCUT2D eigenvalue weighted by Crippen LogP contribution is 2.30. The number of fused-ring (bicyclic) bond motifs is 1. The highest BCUT2D eigenvalue weighted by atomic mass is 19.1. The summed E-state index contributed by atoms with van der Waals surface area (Å²) < 4.78 is 12.9. The number of Topliss-reactive ketones (excluding diaryl/α,β-unsaturated/α-hetero) is 1. The molecule has 1 amide bonds. The zero-order valence-corrected chi connectivity index (χ0v) is 12.4. The van der Waals surface area contributed by atoms with E-state index < -0.39 is 28.3 Å². The SMILES string of the molecule is O=C(Nc1ccc(F)cc1)C(=O)c1c(O)[nH]c2ccc([N+](=O)[O-])cc12. The van der Waals surface area contributed by atoms with E-state index >= 15 is 0 Å². The molecule has 0 spiro atoms. The Morgan fingerprint density at radius 1 is 1.16 bits per heavy atom. The molecule has 8 nitrogen and oxygen atoms in total. The molecule has 3 N–H and O–H groups in total. The fourth-order valence-corrected chi connectivity index (χ4v) is 2.34. The van der Waals surface area contributed by atoms with E-state index in [-0.39, 0.29) is 27.8 Å². The Kier molecular flexibility index (Phi) is 3.89. The van der Waals surface area contributed by atoms with Gasteiger partial charge in [0, 0.05) is 28.7 Å². The summed E-state index contributed by atoms with van der Waals surface area (Å²) in [6.07, 6.45) is 0. The minimum absolute atomic E-state index is 0.0472. The molecule has 0 aliphatic heterocycles. The van der Waals surface area contributed by atoms with Crippen molar-refractivity contribution in [2.45, 2.75) is 0 Å². The van der Waals surface area contributed by atoms with E-state index in [2.05, 4.69) is 10.3 Å². The van der Waals surface area contributed by atoms with Gasteiger partial charge in [0.2, 0.25) is 5.88 Å². The van der Waals surface area contributed by atoms with Crippen LogP contribution in [0.4, 0.5) is 15.8 Å². The first kappa shape index (κ1) is 16.1. The van der Waals surface area contributed by atoms with Crippen LogP contribution >= 0.6 is 0 Å². The number of nitro benzene ring substituents is 1. The van der Waals surface area contributed by atoms with E-state index in [1.54, 1.807) is 0 Å². The average Bonchev–Trinajstić information content (AvgIpc) is 2.91.